The summed E-state index contributed by atoms with van der Waals surface area (Å²) in [6, 6.07) is 3.20. The minimum Gasteiger partial charge on any atom is -0.373 e. The fraction of sp³-hybridized carbons (Fsp3) is 0.538. The molecule has 2 rings (SSSR count). The zero-order valence-electron chi connectivity index (χ0n) is 12.0. The number of rotatable bonds is 6. The number of anilines is 1. The second-order valence-electron chi connectivity index (χ2n) is 4.86. The maximum absolute atomic E-state index is 12.0. The molecule has 0 spiro atoms. The summed E-state index contributed by atoms with van der Waals surface area (Å²) in [5.74, 6) is 0.223. The zero-order chi connectivity index (χ0) is 15.3. The van der Waals surface area contributed by atoms with Gasteiger partial charge in [-0.2, -0.15) is 0 Å². The Kier molecular flexibility index (Phi) is 5.13. The van der Waals surface area contributed by atoms with Crippen molar-refractivity contribution in [3.63, 3.8) is 0 Å². The van der Waals surface area contributed by atoms with Gasteiger partial charge in [0.15, 0.2) is 0 Å². The van der Waals surface area contributed by atoms with Crippen molar-refractivity contribution >= 4 is 21.7 Å². The summed E-state index contributed by atoms with van der Waals surface area (Å²) in [5, 5.41) is 5.48. The number of pyridine rings is 1. The smallest absolute Gasteiger partial charge is 0.251 e. The molecule has 8 heteroatoms. The molecule has 1 amide bonds. The number of hydrogen-bond acceptors (Lipinski definition) is 5. The maximum Gasteiger partial charge on any atom is 0.251 e. The Morgan fingerprint density at radius 2 is 2.10 bits per heavy atom. The molecule has 0 bridgehead atoms. The summed E-state index contributed by atoms with van der Waals surface area (Å²) in [7, 11) is -1.54. The van der Waals surface area contributed by atoms with Crippen molar-refractivity contribution in [3.05, 3.63) is 23.9 Å². The molecule has 1 aromatic rings. The Hall–Kier alpha value is -1.67. The number of amides is 1. The van der Waals surface area contributed by atoms with E-state index in [1.54, 1.807) is 19.2 Å². The topological polar surface area (TPSA) is 91.4 Å². The summed E-state index contributed by atoms with van der Waals surface area (Å²) in [6.07, 6.45) is 3.35. The molecule has 21 heavy (non-hydrogen) atoms. The average Bonchev–Trinajstić information content (AvgIpc) is 3.02. The first-order valence-electron chi connectivity index (χ1n) is 6.93. The van der Waals surface area contributed by atoms with Crippen LogP contribution in [0.15, 0.2) is 18.3 Å². The van der Waals surface area contributed by atoms with Crippen molar-refractivity contribution in [1.29, 1.82) is 0 Å². The highest BCUT2D eigenvalue weighted by Gasteiger charge is 2.24. The molecule has 1 aromatic heterocycles. The highest BCUT2D eigenvalue weighted by molar-refractivity contribution is 7.89. The van der Waals surface area contributed by atoms with Gasteiger partial charge in [0.1, 0.15) is 5.82 Å². The van der Waals surface area contributed by atoms with Crippen LogP contribution in [0.5, 0.6) is 0 Å². The van der Waals surface area contributed by atoms with Crippen molar-refractivity contribution in [2.24, 2.45) is 0 Å². The normalized spacial score (nSPS) is 15.9. The van der Waals surface area contributed by atoms with Gasteiger partial charge in [0.25, 0.3) is 5.91 Å². The van der Waals surface area contributed by atoms with Gasteiger partial charge in [0.05, 0.1) is 5.75 Å². The number of aromatic nitrogens is 1. The molecule has 1 saturated heterocycles. The van der Waals surface area contributed by atoms with Crippen molar-refractivity contribution in [3.8, 4) is 0 Å². The van der Waals surface area contributed by atoms with Crippen LogP contribution >= 0.6 is 0 Å². The van der Waals surface area contributed by atoms with Crippen molar-refractivity contribution < 1.29 is 13.2 Å². The summed E-state index contributed by atoms with van der Waals surface area (Å²) < 4.78 is 25.5. The zero-order valence-corrected chi connectivity index (χ0v) is 12.8. The second-order valence-corrected chi connectivity index (χ2v) is 6.95. The molecule has 1 fully saturated rings. The maximum atomic E-state index is 12.0. The lowest BCUT2D eigenvalue weighted by atomic mass is 10.2. The summed E-state index contributed by atoms with van der Waals surface area (Å²) in [6.45, 7) is 1.28. The lowest BCUT2D eigenvalue weighted by Gasteiger charge is -2.15. The fourth-order valence-electron chi connectivity index (χ4n) is 2.20. The molecule has 7 nitrogen and oxygen atoms in total. The van der Waals surface area contributed by atoms with E-state index in [0.29, 0.717) is 24.5 Å². The van der Waals surface area contributed by atoms with E-state index in [-0.39, 0.29) is 18.2 Å². The molecular weight excluding hydrogens is 292 g/mol. The molecule has 1 aliphatic heterocycles. The van der Waals surface area contributed by atoms with E-state index in [4.69, 9.17) is 0 Å². The van der Waals surface area contributed by atoms with Gasteiger partial charge < -0.3 is 10.6 Å². The highest BCUT2D eigenvalue weighted by Crippen LogP contribution is 2.12. The second kappa shape index (κ2) is 6.86. The number of carbonyl (C=O) groups is 1. The molecule has 2 N–H and O–H groups in total. The quantitative estimate of drug-likeness (QED) is 0.787. The van der Waals surface area contributed by atoms with E-state index in [1.165, 1.54) is 10.5 Å². The third kappa shape index (κ3) is 4.15. The van der Waals surface area contributed by atoms with Crippen LogP contribution in [0.4, 0.5) is 5.82 Å². The summed E-state index contributed by atoms with van der Waals surface area (Å²) in [5.41, 5.74) is 0.452. The van der Waals surface area contributed by atoms with E-state index < -0.39 is 10.0 Å². The van der Waals surface area contributed by atoms with Gasteiger partial charge in [0.2, 0.25) is 10.0 Å². The van der Waals surface area contributed by atoms with Gasteiger partial charge in [0, 0.05) is 38.4 Å². The Labute approximate surface area is 124 Å². The first-order chi connectivity index (χ1) is 10.0. The van der Waals surface area contributed by atoms with Crippen molar-refractivity contribution in [2.45, 2.75) is 12.8 Å². The lowest BCUT2D eigenvalue weighted by Crippen LogP contribution is -2.36. The van der Waals surface area contributed by atoms with Gasteiger partial charge in [-0.3, -0.25) is 4.79 Å². The van der Waals surface area contributed by atoms with Crippen molar-refractivity contribution in [1.82, 2.24) is 14.6 Å². The van der Waals surface area contributed by atoms with Crippen molar-refractivity contribution in [2.75, 3.05) is 37.8 Å². The molecule has 2 heterocycles. The molecular formula is C13H20N4O3S. The van der Waals surface area contributed by atoms with Crippen LogP contribution in [0.1, 0.15) is 23.2 Å². The first-order valence-corrected chi connectivity index (χ1v) is 8.54. The predicted molar refractivity (Wildman–Crippen MR) is 80.7 cm³/mol. The Bertz CT molecular complexity index is 597. The SMILES string of the molecule is CNc1cc(C(=O)NCCS(=O)(=O)N2CCCC2)ccn1. The van der Waals surface area contributed by atoms with E-state index in [9.17, 15) is 13.2 Å². The largest absolute Gasteiger partial charge is 0.373 e. The molecule has 0 unspecified atom stereocenters. The fourth-order valence-corrected chi connectivity index (χ4v) is 3.63. The van der Waals surface area contributed by atoms with Gasteiger partial charge in [-0.1, -0.05) is 0 Å². The Balaban J connectivity index is 1.86. The Morgan fingerprint density at radius 3 is 2.76 bits per heavy atom. The molecule has 116 valence electrons. The molecule has 0 atom stereocenters. The van der Waals surface area contributed by atoms with Crippen LogP contribution in [0.3, 0.4) is 0 Å². The number of sulfonamides is 1. The first kappa shape index (κ1) is 15.7. The average molecular weight is 312 g/mol. The number of hydrogen-bond donors (Lipinski definition) is 2. The van der Waals surface area contributed by atoms with Crippen LogP contribution < -0.4 is 10.6 Å². The van der Waals surface area contributed by atoms with Crippen LogP contribution in [-0.2, 0) is 10.0 Å². The van der Waals surface area contributed by atoms with Crippen LogP contribution in [0, 0.1) is 0 Å². The van der Waals surface area contributed by atoms with Gasteiger partial charge in [-0.15, -0.1) is 0 Å². The van der Waals surface area contributed by atoms with Crippen LogP contribution in [-0.4, -0.2) is 56.0 Å². The monoisotopic (exact) mass is 312 g/mol. The molecule has 0 aromatic carbocycles. The van der Waals surface area contributed by atoms with Crippen LogP contribution in [0.25, 0.3) is 0 Å². The molecule has 0 radical (unpaired) electrons. The standard InChI is InChI=1S/C13H20N4O3S/c1-14-12-10-11(4-5-15-12)13(18)16-6-9-21(19,20)17-7-2-3-8-17/h4-5,10H,2-3,6-9H2,1H3,(H,14,15)(H,16,18). The van der Waals surface area contributed by atoms with Crippen LogP contribution in [0.2, 0.25) is 0 Å². The van der Waals surface area contributed by atoms with Gasteiger partial charge in [-0.05, 0) is 25.0 Å². The van der Waals surface area contributed by atoms with Gasteiger partial charge in [-0.25, -0.2) is 17.7 Å². The lowest BCUT2D eigenvalue weighted by molar-refractivity contribution is 0.0956. The molecule has 1 aliphatic rings. The molecule has 0 saturated carbocycles. The molecule has 0 aliphatic carbocycles. The third-order valence-electron chi connectivity index (χ3n) is 3.38. The Morgan fingerprint density at radius 1 is 1.38 bits per heavy atom. The van der Waals surface area contributed by atoms with E-state index in [2.05, 4.69) is 15.6 Å². The predicted octanol–water partition coefficient (Wildman–Crippen LogP) is 0.279. The number of nitrogens with zero attached hydrogens (tertiary/aromatic N) is 2. The summed E-state index contributed by atoms with van der Waals surface area (Å²) >= 11 is 0. The number of carbonyl (C=O) groups excluding carboxylic acids is 1. The minimum absolute atomic E-state index is 0.0668. The highest BCUT2D eigenvalue weighted by atomic mass is 32.2. The summed E-state index contributed by atoms with van der Waals surface area (Å²) in [4.78, 5) is 16.0. The third-order valence-corrected chi connectivity index (χ3v) is 5.25. The van der Waals surface area contributed by atoms with Gasteiger partial charge >= 0.3 is 0 Å². The number of nitrogens with one attached hydrogen (secondary N) is 2. The van der Waals surface area contributed by atoms with E-state index >= 15 is 0 Å². The van der Waals surface area contributed by atoms with E-state index in [1.807, 2.05) is 0 Å². The minimum atomic E-state index is -3.26. The van der Waals surface area contributed by atoms with E-state index in [0.717, 1.165) is 12.8 Å².